The van der Waals surface area contributed by atoms with Crippen LogP contribution in [0.25, 0.3) is 22.4 Å². The summed E-state index contributed by atoms with van der Waals surface area (Å²) in [6, 6.07) is 13.3. The van der Waals surface area contributed by atoms with Gasteiger partial charge in [0.25, 0.3) is 0 Å². The third-order valence-electron chi connectivity index (χ3n) is 4.93. The molecule has 0 radical (unpaired) electrons. The Morgan fingerprint density at radius 1 is 1.13 bits per heavy atom. The summed E-state index contributed by atoms with van der Waals surface area (Å²) in [7, 11) is -3.73. The monoisotopic (exact) mass is 425 g/mol. The summed E-state index contributed by atoms with van der Waals surface area (Å²) in [6.07, 6.45) is 1.79. The highest BCUT2D eigenvalue weighted by atomic mass is 32.2. The Kier molecular flexibility index (Phi) is 5.40. The number of rotatable bonds is 7. The Morgan fingerprint density at radius 3 is 2.60 bits per heavy atom. The van der Waals surface area contributed by atoms with E-state index < -0.39 is 16.1 Å². The van der Waals surface area contributed by atoms with Crippen LogP contribution < -0.4 is 4.72 Å². The van der Waals surface area contributed by atoms with Gasteiger partial charge in [0.2, 0.25) is 21.7 Å². The van der Waals surface area contributed by atoms with Crippen molar-refractivity contribution in [1.82, 2.24) is 24.4 Å². The zero-order chi connectivity index (χ0) is 21.3. The quantitative estimate of drug-likeness (QED) is 0.483. The van der Waals surface area contributed by atoms with Crippen LogP contribution in [0.5, 0.6) is 0 Å². The van der Waals surface area contributed by atoms with Gasteiger partial charge in [-0.3, -0.25) is 0 Å². The first-order chi connectivity index (χ1) is 14.4. The van der Waals surface area contributed by atoms with E-state index in [0.717, 1.165) is 23.1 Å². The van der Waals surface area contributed by atoms with E-state index in [4.69, 9.17) is 4.52 Å². The molecular weight excluding hydrogens is 402 g/mol. The largest absolute Gasteiger partial charge is 0.337 e. The lowest BCUT2D eigenvalue weighted by Crippen LogP contribution is -2.32. The molecule has 8 nitrogen and oxygen atoms in total. The van der Waals surface area contributed by atoms with E-state index in [1.807, 2.05) is 36.6 Å². The molecule has 2 aromatic heterocycles. The summed E-state index contributed by atoms with van der Waals surface area (Å²) in [5.74, 6) is 0.515. The second kappa shape index (κ2) is 8.00. The van der Waals surface area contributed by atoms with Gasteiger partial charge in [-0.15, -0.1) is 0 Å². The van der Waals surface area contributed by atoms with Crippen molar-refractivity contribution in [3.05, 3.63) is 60.7 Å². The summed E-state index contributed by atoms with van der Waals surface area (Å²) in [6.45, 7) is 6.68. The molecule has 2 aromatic carbocycles. The number of nitrogens with zero attached hydrogens (tertiary/aromatic N) is 4. The van der Waals surface area contributed by atoms with Crippen molar-refractivity contribution >= 4 is 21.1 Å². The van der Waals surface area contributed by atoms with Crippen molar-refractivity contribution in [2.45, 2.75) is 38.3 Å². The minimum absolute atomic E-state index is 0.0977. The maximum atomic E-state index is 12.8. The van der Waals surface area contributed by atoms with Gasteiger partial charge < -0.3 is 9.09 Å². The van der Waals surface area contributed by atoms with Crippen LogP contribution in [-0.2, 0) is 16.6 Å². The first kappa shape index (κ1) is 20.2. The van der Waals surface area contributed by atoms with E-state index >= 15 is 0 Å². The van der Waals surface area contributed by atoms with Crippen LogP contribution in [0, 0.1) is 5.92 Å². The lowest BCUT2D eigenvalue weighted by Gasteiger charge is -2.18. The van der Waals surface area contributed by atoms with Crippen LogP contribution in [0.1, 0.15) is 32.7 Å². The standard InChI is InChI=1S/C21H23N5O3S/c1-4-26-13-22-17-12-15(10-11-18(17)26)20-23-21(29-24-20)19(14(2)3)25-30(27,28)16-8-6-5-7-9-16/h5-14,19,25H,4H2,1-3H3/t19-/m1/s1. The van der Waals surface area contributed by atoms with Crippen LogP contribution >= 0.6 is 0 Å². The van der Waals surface area contributed by atoms with E-state index in [-0.39, 0.29) is 16.7 Å². The topological polar surface area (TPSA) is 103 Å². The lowest BCUT2D eigenvalue weighted by molar-refractivity contribution is 0.311. The molecule has 30 heavy (non-hydrogen) atoms. The predicted octanol–water partition coefficient (Wildman–Crippen LogP) is 3.78. The highest BCUT2D eigenvalue weighted by Gasteiger charge is 2.28. The van der Waals surface area contributed by atoms with Crippen molar-refractivity contribution in [3.63, 3.8) is 0 Å². The highest BCUT2D eigenvalue weighted by Crippen LogP contribution is 2.27. The Morgan fingerprint density at radius 2 is 1.90 bits per heavy atom. The zero-order valence-electron chi connectivity index (χ0n) is 17.0. The second-order valence-corrected chi connectivity index (χ2v) is 9.06. The third-order valence-corrected chi connectivity index (χ3v) is 6.39. The van der Waals surface area contributed by atoms with Gasteiger partial charge in [0, 0.05) is 12.1 Å². The molecule has 0 aliphatic heterocycles. The fraction of sp³-hybridized carbons (Fsp3) is 0.286. The van der Waals surface area contributed by atoms with Crippen LogP contribution in [0.15, 0.2) is 64.3 Å². The molecule has 0 unspecified atom stereocenters. The number of nitrogens with one attached hydrogen (secondary N) is 1. The molecule has 0 saturated carbocycles. The molecule has 1 N–H and O–H groups in total. The van der Waals surface area contributed by atoms with Gasteiger partial charge in [-0.2, -0.15) is 9.71 Å². The average Bonchev–Trinajstić information content (AvgIpc) is 3.39. The van der Waals surface area contributed by atoms with Gasteiger partial charge in [0.05, 0.1) is 22.3 Å². The molecular formula is C21H23N5O3S. The molecule has 9 heteroatoms. The molecule has 4 rings (SSSR count). The van der Waals surface area contributed by atoms with Crippen molar-refractivity contribution in [1.29, 1.82) is 0 Å². The molecule has 1 atom stereocenters. The molecule has 2 heterocycles. The van der Waals surface area contributed by atoms with Gasteiger partial charge in [-0.25, -0.2) is 13.4 Å². The number of sulfonamides is 1. The molecule has 0 aliphatic rings. The summed E-state index contributed by atoms with van der Waals surface area (Å²) in [5.41, 5.74) is 2.62. The van der Waals surface area contributed by atoms with E-state index in [1.54, 1.807) is 36.7 Å². The second-order valence-electron chi connectivity index (χ2n) is 7.35. The maximum Gasteiger partial charge on any atom is 0.245 e. The van der Waals surface area contributed by atoms with E-state index in [2.05, 4.69) is 26.8 Å². The number of benzene rings is 2. The highest BCUT2D eigenvalue weighted by molar-refractivity contribution is 7.89. The summed E-state index contributed by atoms with van der Waals surface area (Å²) >= 11 is 0. The summed E-state index contributed by atoms with van der Waals surface area (Å²) < 4.78 is 35.7. The number of hydrogen-bond donors (Lipinski definition) is 1. The lowest BCUT2D eigenvalue weighted by atomic mass is 10.1. The Labute approximate surface area is 175 Å². The molecule has 0 amide bonds. The third kappa shape index (κ3) is 3.86. The molecule has 0 fully saturated rings. The number of aromatic nitrogens is 4. The maximum absolute atomic E-state index is 12.8. The average molecular weight is 426 g/mol. The first-order valence-corrected chi connectivity index (χ1v) is 11.2. The molecule has 4 aromatic rings. The smallest absolute Gasteiger partial charge is 0.245 e. The summed E-state index contributed by atoms with van der Waals surface area (Å²) in [4.78, 5) is 9.07. The molecule has 0 saturated heterocycles. The minimum atomic E-state index is -3.73. The van der Waals surface area contributed by atoms with Crippen LogP contribution in [0.3, 0.4) is 0 Å². The Hall–Kier alpha value is -3.04. The zero-order valence-corrected chi connectivity index (χ0v) is 17.8. The van der Waals surface area contributed by atoms with E-state index in [0.29, 0.717) is 5.82 Å². The van der Waals surface area contributed by atoms with Crippen molar-refractivity contribution in [3.8, 4) is 11.4 Å². The number of fused-ring (bicyclic) bond motifs is 1. The Balaban J connectivity index is 1.64. The fourth-order valence-corrected chi connectivity index (χ4v) is 4.60. The van der Waals surface area contributed by atoms with Gasteiger partial charge in [0.15, 0.2) is 0 Å². The molecule has 0 bridgehead atoms. The van der Waals surface area contributed by atoms with E-state index in [9.17, 15) is 8.42 Å². The van der Waals surface area contributed by atoms with Crippen LogP contribution in [-0.4, -0.2) is 28.1 Å². The van der Waals surface area contributed by atoms with E-state index in [1.165, 1.54) is 0 Å². The van der Waals surface area contributed by atoms with Crippen LogP contribution in [0.2, 0.25) is 0 Å². The summed E-state index contributed by atoms with van der Waals surface area (Å²) in [5, 5.41) is 4.07. The van der Waals surface area contributed by atoms with Gasteiger partial charge in [-0.05, 0) is 43.2 Å². The normalized spacial score (nSPS) is 13.2. The predicted molar refractivity (Wildman–Crippen MR) is 113 cm³/mol. The minimum Gasteiger partial charge on any atom is -0.337 e. The number of imidazole rings is 1. The van der Waals surface area contributed by atoms with Gasteiger partial charge in [0.1, 0.15) is 6.04 Å². The molecule has 0 aliphatic carbocycles. The molecule has 0 spiro atoms. The SMILES string of the molecule is CCn1cnc2cc(-c3noc([C@H](NS(=O)(=O)c4ccccc4)C(C)C)n3)ccc21. The van der Waals surface area contributed by atoms with Gasteiger partial charge >= 0.3 is 0 Å². The number of hydrogen-bond acceptors (Lipinski definition) is 6. The van der Waals surface area contributed by atoms with Gasteiger partial charge in [-0.1, -0.05) is 37.2 Å². The fourth-order valence-electron chi connectivity index (χ4n) is 3.24. The van der Waals surface area contributed by atoms with Crippen molar-refractivity contribution in [2.75, 3.05) is 0 Å². The van der Waals surface area contributed by atoms with Crippen molar-refractivity contribution < 1.29 is 12.9 Å². The van der Waals surface area contributed by atoms with Crippen molar-refractivity contribution in [2.24, 2.45) is 5.92 Å². The number of aryl methyl sites for hydroxylation is 1. The Bertz CT molecular complexity index is 1260. The first-order valence-electron chi connectivity index (χ1n) is 9.75. The molecule has 156 valence electrons. The van der Waals surface area contributed by atoms with Crippen LogP contribution in [0.4, 0.5) is 0 Å².